The van der Waals surface area contributed by atoms with Gasteiger partial charge in [0.15, 0.2) is 0 Å². The Morgan fingerprint density at radius 3 is 2.37 bits per heavy atom. The molecule has 1 N–H and O–H groups in total. The molecule has 1 aliphatic heterocycles. The Kier molecular flexibility index (Phi) is 7.93. The monoisotopic (exact) mass is 447 g/mol. The molecule has 1 aliphatic rings. The second kappa shape index (κ2) is 10.4. The zero-order valence-electron chi connectivity index (χ0n) is 17.5. The maximum absolute atomic E-state index is 12.8. The Balaban J connectivity index is 1.47. The highest BCUT2D eigenvalue weighted by atomic mass is 32.2. The summed E-state index contributed by atoms with van der Waals surface area (Å²) in [6.07, 6.45) is 0. The smallest absolute Gasteiger partial charge is 0.252 e. The summed E-state index contributed by atoms with van der Waals surface area (Å²) in [5, 5.41) is 2.99. The lowest BCUT2D eigenvalue weighted by atomic mass is 10.2. The van der Waals surface area contributed by atoms with Gasteiger partial charge in [-0.05, 0) is 36.9 Å². The molecule has 6 nitrogen and oxygen atoms in total. The van der Waals surface area contributed by atoms with Crippen molar-refractivity contribution >= 4 is 27.7 Å². The average molecular weight is 448 g/mol. The van der Waals surface area contributed by atoms with E-state index in [0.29, 0.717) is 49.7 Å². The summed E-state index contributed by atoms with van der Waals surface area (Å²) in [6.45, 7) is 7.47. The summed E-state index contributed by atoms with van der Waals surface area (Å²) in [6, 6.07) is 14.6. The molecule has 1 saturated heterocycles. The van der Waals surface area contributed by atoms with Crippen LogP contribution >= 0.6 is 11.8 Å². The van der Waals surface area contributed by atoms with Gasteiger partial charge in [0.05, 0.1) is 10.5 Å². The van der Waals surface area contributed by atoms with Crippen molar-refractivity contribution in [1.82, 2.24) is 14.5 Å². The van der Waals surface area contributed by atoms with Gasteiger partial charge >= 0.3 is 0 Å². The van der Waals surface area contributed by atoms with Crippen LogP contribution in [0.1, 0.15) is 22.8 Å². The van der Waals surface area contributed by atoms with Crippen molar-refractivity contribution in [3.63, 3.8) is 0 Å². The van der Waals surface area contributed by atoms with E-state index in [1.54, 1.807) is 28.2 Å². The lowest BCUT2D eigenvalue weighted by Gasteiger charge is -2.34. The molecule has 0 bridgehead atoms. The fourth-order valence-corrected chi connectivity index (χ4v) is 5.64. The van der Waals surface area contributed by atoms with Crippen molar-refractivity contribution in [2.45, 2.75) is 23.6 Å². The van der Waals surface area contributed by atoms with Crippen LogP contribution in [0.5, 0.6) is 0 Å². The minimum Gasteiger partial charge on any atom is -0.351 e. The predicted octanol–water partition coefficient (Wildman–Crippen LogP) is 2.84. The Labute approximate surface area is 183 Å². The van der Waals surface area contributed by atoms with Crippen molar-refractivity contribution in [2.24, 2.45) is 0 Å². The molecule has 3 rings (SSSR count). The Morgan fingerprint density at radius 1 is 1.03 bits per heavy atom. The third-order valence-electron chi connectivity index (χ3n) is 5.14. The number of carbonyl (C=O) groups is 1. The van der Waals surface area contributed by atoms with Gasteiger partial charge in [0.25, 0.3) is 5.91 Å². The van der Waals surface area contributed by atoms with Crippen LogP contribution in [0.3, 0.4) is 0 Å². The largest absolute Gasteiger partial charge is 0.351 e. The van der Waals surface area contributed by atoms with Crippen molar-refractivity contribution < 1.29 is 13.2 Å². The second-order valence-electron chi connectivity index (χ2n) is 7.24. The average Bonchev–Trinajstić information content (AvgIpc) is 2.75. The number of piperazine rings is 1. The van der Waals surface area contributed by atoms with E-state index >= 15 is 0 Å². The first kappa shape index (κ1) is 22.8. The summed E-state index contributed by atoms with van der Waals surface area (Å²) >= 11 is 1.66. The molecular formula is C22H29N3O3S2. The lowest BCUT2D eigenvalue weighted by Crippen LogP contribution is -2.50. The minimum atomic E-state index is -3.45. The molecular weight excluding hydrogens is 418 g/mol. The summed E-state index contributed by atoms with van der Waals surface area (Å²) in [5.41, 5.74) is 1.75. The van der Waals surface area contributed by atoms with Crippen molar-refractivity contribution in [1.29, 1.82) is 0 Å². The summed E-state index contributed by atoms with van der Waals surface area (Å²) in [4.78, 5) is 16.0. The van der Waals surface area contributed by atoms with E-state index in [2.05, 4.69) is 17.1 Å². The fourth-order valence-electron chi connectivity index (χ4n) is 3.41. The quantitative estimate of drug-likeness (QED) is 0.630. The van der Waals surface area contributed by atoms with Crippen LogP contribution in [0.15, 0.2) is 58.3 Å². The number of rotatable bonds is 8. The maximum Gasteiger partial charge on any atom is 0.252 e. The third kappa shape index (κ3) is 5.63. The number of hydrogen-bond acceptors (Lipinski definition) is 5. The maximum atomic E-state index is 12.8. The van der Waals surface area contributed by atoms with Gasteiger partial charge < -0.3 is 5.32 Å². The van der Waals surface area contributed by atoms with Crippen LogP contribution in [-0.4, -0.2) is 68.6 Å². The van der Waals surface area contributed by atoms with Gasteiger partial charge in [0, 0.05) is 44.2 Å². The standard InChI is InChI=1S/C22H29N3O3S2/c1-3-29-21-7-5-4-6-20(21)22(26)23-12-13-24-14-16-25(17-15-24)30(27,28)19-10-8-18(2)9-11-19/h4-11H,3,12-17H2,1-2H3,(H,23,26). The second-order valence-corrected chi connectivity index (χ2v) is 10.5. The number of benzene rings is 2. The van der Waals surface area contributed by atoms with Crippen LogP contribution in [0.25, 0.3) is 0 Å². The molecule has 30 heavy (non-hydrogen) atoms. The highest BCUT2D eigenvalue weighted by molar-refractivity contribution is 7.99. The molecule has 0 unspecified atom stereocenters. The number of hydrogen-bond donors (Lipinski definition) is 1. The molecule has 1 heterocycles. The first-order valence-electron chi connectivity index (χ1n) is 10.2. The molecule has 1 amide bonds. The van der Waals surface area contributed by atoms with E-state index in [-0.39, 0.29) is 5.91 Å². The molecule has 1 fully saturated rings. The number of thioether (sulfide) groups is 1. The van der Waals surface area contributed by atoms with Crippen molar-refractivity contribution in [3.05, 3.63) is 59.7 Å². The summed E-state index contributed by atoms with van der Waals surface area (Å²) < 4.78 is 27.1. The van der Waals surface area contributed by atoms with Gasteiger partial charge in [0.1, 0.15) is 0 Å². The molecule has 2 aromatic carbocycles. The number of nitrogens with zero attached hydrogens (tertiary/aromatic N) is 2. The Morgan fingerprint density at radius 2 is 1.70 bits per heavy atom. The van der Waals surface area contributed by atoms with Crippen LogP contribution < -0.4 is 5.32 Å². The van der Waals surface area contributed by atoms with Crippen molar-refractivity contribution in [2.75, 3.05) is 45.0 Å². The predicted molar refractivity (Wildman–Crippen MR) is 122 cm³/mol. The van der Waals surface area contributed by atoms with Gasteiger partial charge in [-0.3, -0.25) is 9.69 Å². The van der Waals surface area contributed by atoms with Gasteiger partial charge in [0.2, 0.25) is 10.0 Å². The molecule has 162 valence electrons. The summed E-state index contributed by atoms with van der Waals surface area (Å²) in [5.74, 6) is 0.854. The first-order valence-corrected chi connectivity index (χ1v) is 12.6. The van der Waals surface area contributed by atoms with Crippen LogP contribution in [0.4, 0.5) is 0 Å². The number of sulfonamides is 1. The minimum absolute atomic E-state index is 0.0628. The van der Waals surface area contributed by atoms with Crippen LogP contribution in [0.2, 0.25) is 0 Å². The number of carbonyl (C=O) groups excluding carboxylic acids is 1. The number of amides is 1. The highest BCUT2D eigenvalue weighted by Gasteiger charge is 2.28. The fraction of sp³-hybridized carbons (Fsp3) is 0.409. The highest BCUT2D eigenvalue weighted by Crippen LogP contribution is 2.22. The van der Waals surface area contributed by atoms with Gasteiger partial charge in [-0.1, -0.05) is 36.8 Å². The van der Waals surface area contributed by atoms with Gasteiger partial charge in [-0.25, -0.2) is 8.42 Å². The zero-order valence-corrected chi connectivity index (χ0v) is 19.1. The molecule has 8 heteroatoms. The van der Waals surface area contributed by atoms with E-state index in [4.69, 9.17) is 0 Å². The number of nitrogens with one attached hydrogen (secondary N) is 1. The molecule has 0 aliphatic carbocycles. The van der Waals surface area contributed by atoms with Crippen molar-refractivity contribution in [3.8, 4) is 0 Å². The van der Waals surface area contributed by atoms with E-state index in [9.17, 15) is 13.2 Å². The lowest BCUT2D eigenvalue weighted by molar-refractivity contribution is 0.0942. The first-order chi connectivity index (χ1) is 14.4. The van der Waals surface area contributed by atoms with E-state index in [1.165, 1.54) is 0 Å². The molecule has 0 atom stereocenters. The number of aryl methyl sites for hydroxylation is 1. The normalized spacial score (nSPS) is 15.8. The summed E-state index contributed by atoms with van der Waals surface area (Å²) in [7, 11) is -3.45. The van der Waals surface area contributed by atoms with Gasteiger partial charge in [-0.2, -0.15) is 4.31 Å². The Bertz CT molecular complexity index is 954. The molecule has 2 aromatic rings. The molecule has 0 spiro atoms. The molecule has 0 saturated carbocycles. The zero-order chi connectivity index (χ0) is 21.6. The third-order valence-corrected chi connectivity index (χ3v) is 8.00. The van der Waals surface area contributed by atoms with Gasteiger partial charge in [-0.15, -0.1) is 11.8 Å². The SMILES string of the molecule is CCSc1ccccc1C(=O)NCCN1CCN(S(=O)(=O)c2ccc(C)cc2)CC1. The Hall–Kier alpha value is -1.87. The van der Waals surface area contributed by atoms with E-state index in [0.717, 1.165) is 16.2 Å². The molecule has 0 radical (unpaired) electrons. The topological polar surface area (TPSA) is 69.7 Å². The van der Waals surface area contributed by atoms with E-state index < -0.39 is 10.0 Å². The van der Waals surface area contributed by atoms with E-state index in [1.807, 2.05) is 43.3 Å². The van der Waals surface area contributed by atoms with Crippen LogP contribution in [-0.2, 0) is 10.0 Å². The molecule has 0 aromatic heterocycles. The van der Waals surface area contributed by atoms with Crippen LogP contribution in [0, 0.1) is 6.92 Å².